The average molecular weight is 337 g/mol. The molecule has 0 spiro atoms. The van der Waals surface area contributed by atoms with E-state index in [0.29, 0.717) is 24.7 Å². The minimum Gasteiger partial charge on any atom is -0.320 e. The zero-order valence-corrected chi connectivity index (χ0v) is 13.7. The topological polar surface area (TPSA) is 61.0 Å². The molecule has 1 aromatic heterocycles. The van der Waals surface area contributed by atoms with Crippen molar-refractivity contribution in [2.75, 3.05) is 11.9 Å². The number of hydrogen-bond donors (Lipinski definition) is 2. The van der Waals surface area contributed by atoms with E-state index in [-0.39, 0.29) is 11.1 Å². The van der Waals surface area contributed by atoms with Crippen molar-refractivity contribution in [2.45, 2.75) is 32.7 Å². The normalized spacial score (nSPS) is 14.0. The number of amides is 2. The molecule has 2 heterocycles. The van der Waals surface area contributed by atoms with Gasteiger partial charge in [0.05, 0.1) is 17.3 Å². The number of halogens is 2. The number of aromatic nitrogens is 2. The van der Waals surface area contributed by atoms with E-state index in [2.05, 4.69) is 29.4 Å². The van der Waals surface area contributed by atoms with Crippen LogP contribution in [0.25, 0.3) is 0 Å². The highest BCUT2D eigenvalue weighted by molar-refractivity contribution is 6.31. The SMILES string of the molecule is CC(C)c1n[nH]c2c1CN(C(=O)Nc1ccc(F)c(Cl)c1)CC2. The van der Waals surface area contributed by atoms with Crippen LogP contribution < -0.4 is 5.32 Å². The van der Waals surface area contributed by atoms with Crippen LogP contribution in [0, 0.1) is 5.82 Å². The van der Waals surface area contributed by atoms with Crippen molar-refractivity contribution in [1.29, 1.82) is 0 Å². The third-order valence-electron chi connectivity index (χ3n) is 3.97. The molecule has 7 heteroatoms. The van der Waals surface area contributed by atoms with Crippen molar-refractivity contribution in [3.63, 3.8) is 0 Å². The predicted molar refractivity (Wildman–Crippen MR) is 87.2 cm³/mol. The van der Waals surface area contributed by atoms with E-state index in [0.717, 1.165) is 23.4 Å². The van der Waals surface area contributed by atoms with Gasteiger partial charge in [-0.3, -0.25) is 5.10 Å². The molecular weight excluding hydrogens is 319 g/mol. The molecule has 0 radical (unpaired) electrons. The molecule has 2 N–H and O–H groups in total. The molecule has 0 aliphatic carbocycles. The Morgan fingerprint density at radius 3 is 2.96 bits per heavy atom. The Morgan fingerprint density at radius 2 is 2.26 bits per heavy atom. The number of aromatic amines is 1. The van der Waals surface area contributed by atoms with Crippen molar-refractivity contribution >= 4 is 23.3 Å². The van der Waals surface area contributed by atoms with E-state index >= 15 is 0 Å². The molecule has 0 fully saturated rings. The molecule has 0 saturated carbocycles. The summed E-state index contributed by atoms with van der Waals surface area (Å²) in [5.41, 5.74) is 3.67. The zero-order chi connectivity index (χ0) is 16.6. The number of nitrogens with zero attached hydrogens (tertiary/aromatic N) is 2. The summed E-state index contributed by atoms with van der Waals surface area (Å²) in [7, 11) is 0. The number of carbonyl (C=O) groups excluding carboxylic acids is 1. The average Bonchev–Trinajstić information content (AvgIpc) is 2.94. The van der Waals surface area contributed by atoms with Gasteiger partial charge in [0.25, 0.3) is 0 Å². The standard InChI is InChI=1S/C16H18ClFN4O/c1-9(2)15-11-8-22(6-5-14(11)20-21-15)16(23)19-10-3-4-13(18)12(17)7-10/h3-4,7,9H,5-6,8H2,1-2H3,(H,19,23)(H,20,21). The molecule has 5 nitrogen and oxygen atoms in total. The lowest BCUT2D eigenvalue weighted by Gasteiger charge is -2.27. The molecule has 1 aliphatic heterocycles. The summed E-state index contributed by atoms with van der Waals surface area (Å²) in [5, 5.41) is 10.2. The Hall–Kier alpha value is -2.08. The van der Waals surface area contributed by atoms with Crippen LogP contribution in [0.4, 0.5) is 14.9 Å². The van der Waals surface area contributed by atoms with Gasteiger partial charge in [-0.15, -0.1) is 0 Å². The number of hydrogen-bond acceptors (Lipinski definition) is 2. The molecule has 1 aromatic carbocycles. The fourth-order valence-electron chi connectivity index (χ4n) is 2.74. The Labute approximate surface area is 138 Å². The van der Waals surface area contributed by atoms with Crippen LogP contribution in [0.3, 0.4) is 0 Å². The Bertz CT molecular complexity index is 744. The highest BCUT2D eigenvalue weighted by atomic mass is 35.5. The molecule has 0 atom stereocenters. The van der Waals surface area contributed by atoms with Gasteiger partial charge in [-0.1, -0.05) is 25.4 Å². The van der Waals surface area contributed by atoms with Crippen LogP contribution in [0.2, 0.25) is 5.02 Å². The van der Waals surface area contributed by atoms with Gasteiger partial charge in [0.2, 0.25) is 0 Å². The largest absolute Gasteiger partial charge is 0.322 e. The smallest absolute Gasteiger partial charge is 0.320 e. The van der Waals surface area contributed by atoms with Gasteiger partial charge in [0, 0.05) is 29.9 Å². The maximum Gasteiger partial charge on any atom is 0.322 e. The second-order valence-electron chi connectivity index (χ2n) is 5.95. The highest BCUT2D eigenvalue weighted by Gasteiger charge is 2.26. The van der Waals surface area contributed by atoms with Gasteiger partial charge >= 0.3 is 6.03 Å². The lowest BCUT2D eigenvalue weighted by molar-refractivity contribution is 0.206. The van der Waals surface area contributed by atoms with E-state index in [1.165, 1.54) is 18.2 Å². The van der Waals surface area contributed by atoms with Gasteiger partial charge in [-0.05, 0) is 24.1 Å². The Morgan fingerprint density at radius 1 is 1.48 bits per heavy atom. The second kappa shape index (κ2) is 6.20. The second-order valence-corrected chi connectivity index (χ2v) is 6.36. The molecule has 2 aromatic rings. The van der Waals surface area contributed by atoms with Crippen LogP contribution in [-0.2, 0) is 13.0 Å². The van der Waals surface area contributed by atoms with Crippen molar-refractivity contribution in [3.05, 3.63) is 46.0 Å². The van der Waals surface area contributed by atoms with E-state index < -0.39 is 5.82 Å². The van der Waals surface area contributed by atoms with Gasteiger partial charge in [0.15, 0.2) is 0 Å². The van der Waals surface area contributed by atoms with Crippen LogP contribution in [0.1, 0.15) is 36.7 Å². The summed E-state index contributed by atoms with van der Waals surface area (Å²) in [6.07, 6.45) is 0.743. The predicted octanol–water partition coefficient (Wildman–Crippen LogP) is 3.92. The molecule has 122 valence electrons. The first-order chi connectivity index (χ1) is 11.0. The summed E-state index contributed by atoms with van der Waals surface area (Å²) >= 11 is 5.74. The third kappa shape index (κ3) is 3.17. The van der Waals surface area contributed by atoms with Crippen LogP contribution in [0.5, 0.6) is 0 Å². The van der Waals surface area contributed by atoms with Crippen molar-refractivity contribution in [3.8, 4) is 0 Å². The number of H-pyrrole nitrogens is 1. The number of fused-ring (bicyclic) bond motifs is 1. The number of urea groups is 1. The van der Waals surface area contributed by atoms with Crippen LogP contribution >= 0.6 is 11.6 Å². The fraction of sp³-hybridized carbons (Fsp3) is 0.375. The molecule has 0 unspecified atom stereocenters. The molecule has 23 heavy (non-hydrogen) atoms. The minimum absolute atomic E-state index is 0.0133. The summed E-state index contributed by atoms with van der Waals surface area (Å²) in [4.78, 5) is 14.1. The first kappa shape index (κ1) is 15.8. The number of rotatable bonds is 2. The molecule has 0 bridgehead atoms. The number of nitrogens with one attached hydrogen (secondary N) is 2. The first-order valence-corrected chi connectivity index (χ1v) is 7.90. The summed E-state index contributed by atoms with van der Waals surface area (Å²) < 4.78 is 13.2. The molecule has 0 saturated heterocycles. The van der Waals surface area contributed by atoms with E-state index in [4.69, 9.17) is 11.6 Å². The van der Waals surface area contributed by atoms with Crippen LogP contribution in [0.15, 0.2) is 18.2 Å². The molecular formula is C16H18ClFN4O. The Kier molecular flexibility index (Phi) is 4.26. The zero-order valence-electron chi connectivity index (χ0n) is 13.0. The Balaban J connectivity index is 1.73. The maximum atomic E-state index is 13.2. The monoisotopic (exact) mass is 336 g/mol. The van der Waals surface area contributed by atoms with Crippen molar-refractivity contribution in [2.24, 2.45) is 0 Å². The number of benzene rings is 1. The van der Waals surface area contributed by atoms with Gasteiger partial charge in [0.1, 0.15) is 5.82 Å². The highest BCUT2D eigenvalue weighted by Crippen LogP contribution is 2.26. The van der Waals surface area contributed by atoms with E-state index in [1.54, 1.807) is 4.90 Å². The first-order valence-electron chi connectivity index (χ1n) is 7.52. The number of carbonyl (C=O) groups is 1. The number of anilines is 1. The van der Waals surface area contributed by atoms with Gasteiger partial charge in [-0.2, -0.15) is 5.10 Å². The lowest BCUT2D eigenvalue weighted by Crippen LogP contribution is -2.39. The summed E-state index contributed by atoms with van der Waals surface area (Å²) in [5.74, 6) is -0.207. The molecule has 3 rings (SSSR count). The van der Waals surface area contributed by atoms with Crippen molar-refractivity contribution < 1.29 is 9.18 Å². The summed E-state index contributed by atoms with van der Waals surface area (Å²) in [6.45, 7) is 5.28. The fourth-order valence-corrected chi connectivity index (χ4v) is 2.93. The minimum atomic E-state index is -0.507. The van der Waals surface area contributed by atoms with Crippen LogP contribution in [-0.4, -0.2) is 27.7 Å². The quantitative estimate of drug-likeness (QED) is 0.873. The molecule has 1 aliphatic rings. The van der Waals surface area contributed by atoms with Gasteiger partial charge < -0.3 is 10.2 Å². The maximum absolute atomic E-state index is 13.2. The third-order valence-corrected chi connectivity index (χ3v) is 4.26. The summed E-state index contributed by atoms with van der Waals surface area (Å²) in [6, 6.07) is 3.90. The lowest BCUT2D eigenvalue weighted by atomic mass is 10.00. The molecule has 2 amide bonds. The van der Waals surface area contributed by atoms with Crippen molar-refractivity contribution in [1.82, 2.24) is 15.1 Å². The van der Waals surface area contributed by atoms with E-state index in [1.807, 2.05) is 0 Å². The van der Waals surface area contributed by atoms with Gasteiger partial charge in [-0.25, -0.2) is 9.18 Å². The van der Waals surface area contributed by atoms with E-state index in [9.17, 15) is 9.18 Å².